The molecule has 3 N–H and O–H groups in total. The molecule has 16 heavy (non-hydrogen) atoms. The average molecular weight is 216 g/mol. The molecule has 86 valence electrons. The molecule has 1 heterocycles. The van der Waals surface area contributed by atoms with Gasteiger partial charge in [-0.1, -0.05) is 18.2 Å². The largest absolute Gasteiger partial charge is 0.323 e. The molecule has 0 bridgehead atoms. The molecular formula is C14H20N2. The molecule has 2 aliphatic rings. The van der Waals surface area contributed by atoms with Gasteiger partial charge in [0.2, 0.25) is 0 Å². The normalized spacial score (nSPS) is 27.0. The molecule has 2 heteroatoms. The Kier molecular flexibility index (Phi) is 2.30. The lowest BCUT2D eigenvalue weighted by molar-refractivity contribution is 0.174. The number of rotatable bonds is 0. The van der Waals surface area contributed by atoms with Gasteiger partial charge in [-0.25, -0.2) is 0 Å². The number of hydrogen-bond acceptors (Lipinski definition) is 2. The smallest absolute Gasteiger partial charge is 0.0359 e. The number of aryl methyl sites for hydroxylation is 1. The van der Waals surface area contributed by atoms with E-state index in [1.165, 1.54) is 36.0 Å². The van der Waals surface area contributed by atoms with E-state index in [0.717, 1.165) is 13.1 Å². The summed E-state index contributed by atoms with van der Waals surface area (Å²) in [5, 5.41) is 3.44. The van der Waals surface area contributed by atoms with Gasteiger partial charge in [0.25, 0.3) is 0 Å². The molecule has 1 unspecified atom stereocenters. The van der Waals surface area contributed by atoms with Crippen LogP contribution < -0.4 is 11.1 Å². The van der Waals surface area contributed by atoms with Gasteiger partial charge in [0.05, 0.1) is 0 Å². The Bertz CT molecular complexity index is 405. The van der Waals surface area contributed by atoms with Crippen molar-refractivity contribution in [3.05, 3.63) is 34.9 Å². The first kappa shape index (κ1) is 10.3. The Labute approximate surface area is 97.2 Å². The zero-order valence-electron chi connectivity index (χ0n) is 9.92. The summed E-state index contributed by atoms with van der Waals surface area (Å²) in [7, 11) is 0. The van der Waals surface area contributed by atoms with Gasteiger partial charge < -0.3 is 11.1 Å². The first-order chi connectivity index (χ1) is 7.73. The van der Waals surface area contributed by atoms with E-state index in [1.54, 1.807) is 0 Å². The lowest BCUT2D eigenvalue weighted by Gasteiger charge is -2.37. The van der Waals surface area contributed by atoms with Crippen LogP contribution in [0.4, 0.5) is 0 Å². The van der Waals surface area contributed by atoms with Crippen molar-refractivity contribution in [1.29, 1.82) is 0 Å². The second-order valence-corrected chi connectivity index (χ2v) is 5.41. The standard InChI is InChI=1S/C14H20N2/c1-10-3-2-4-11-12(10)9-14(13(11)15)5-7-16-8-6-14/h2-4,13,16H,5-9,15H2,1H3. The summed E-state index contributed by atoms with van der Waals surface area (Å²) in [6, 6.07) is 6.84. The summed E-state index contributed by atoms with van der Waals surface area (Å²) in [6.45, 7) is 4.47. The van der Waals surface area contributed by atoms with Gasteiger partial charge in [0.1, 0.15) is 0 Å². The number of hydrogen-bond donors (Lipinski definition) is 2. The van der Waals surface area contributed by atoms with Crippen LogP contribution in [0.5, 0.6) is 0 Å². The minimum Gasteiger partial charge on any atom is -0.323 e. The van der Waals surface area contributed by atoms with Crippen molar-refractivity contribution in [2.45, 2.75) is 32.2 Å². The zero-order chi connectivity index (χ0) is 11.2. The monoisotopic (exact) mass is 216 g/mol. The van der Waals surface area contributed by atoms with Crippen molar-refractivity contribution in [2.24, 2.45) is 11.1 Å². The van der Waals surface area contributed by atoms with Crippen LogP contribution in [-0.2, 0) is 6.42 Å². The van der Waals surface area contributed by atoms with E-state index in [9.17, 15) is 0 Å². The maximum atomic E-state index is 6.50. The van der Waals surface area contributed by atoms with Crippen molar-refractivity contribution >= 4 is 0 Å². The van der Waals surface area contributed by atoms with Crippen LogP contribution in [0, 0.1) is 12.3 Å². The van der Waals surface area contributed by atoms with Gasteiger partial charge in [-0.2, -0.15) is 0 Å². The Balaban J connectivity index is 2.02. The third-order valence-corrected chi connectivity index (χ3v) is 4.57. The Hall–Kier alpha value is -0.860. The van der Waals surface area contributed by atoms with Gasteiger partial charge in [-0.3, -0.25) is 0 Å². The fourth-order valence-electron chi connectivity index (χ4n) is 3.46. The molecule has 0 saturated carbocycles. The predicted octanol–water partition coefficient (Wildman–Crippen LogP) is 1.92. The summed E-state index contributed by atoms with van der Waals surface area (Å²) in [4.78, 5) is 0. The quantitative estimate of drug-likeness (QED) is 0.695. The first-order valence-corrected chi connectivity index (χ1v) is 6.28. The van der Waals surface area contributed by atoms with E-state index >= 15 is 0 Å². The van der Waals surface area contributed by atoms with E-state index in [1.807, 2.05) is 0 Å². The van der Waals surface area contributed by atoms with E-state index in [2.05, 4.69) is 30.4 Å². The molecule has 1 saturated heterocycles. The van der Waals surface area contributed by atoms with Crippen molar-refractivity contribution in [3.8, 4) is 0 Å². The number of nitrogens with two attached hydrogens (primary N) is 1. The van der Waals surface area contributed by atoms with Crippen LogP contribution in [0.25, 0.3) is 0 Å². The lowest BCUT2D eigenvalue weighted by Crippen LogP contribution is -2.42. The van der Waals surface area contributed by atoms with Gasteiger partial charge in [-0.05, 0) is 61.4 Å². The highest BCUT2D eigenvalue weighted by atomic mass is 14.9. The maximum absolute atomic E-state index is 6.50. The zero-order valence-corrected chi connectivity index (χ0v) is 9.92. The van der Waals surface area contributed by atoms with Crippen LogP contribution in [-0.4, -0.2) is 13.1 Å². The lowest BCUT2D eigenvalue weighted by atomic mass is 9.73. The second-order valence-electron chi connectivity index (χ2n) is 5.41. The molecule has 0 radical (unpaired) electrons. The number of fused-ring (bicyclic) bond motifs is 1. The van der Waals surface area contributed by atoms with Gasteiger partial charge >= 0.3 is 0 Å². The van der Waals surface area contributed by atoms with E-state index < -0.39 is 0 Å². The SMILES string of the molecule is Cc1cccc2c1CC1(CCNCC1)C2N. The van der Waals surface area contributed by atoms with Crippen molar-refractivity contribution < 1.29 is 0 Å². The predicted molar refractivity (Wildman–Crippen MR) is 66.3 cm³/mol. The summed E-state index contributed by atoms with van der Waals surface area (Å²) >= 11 is 0. The molecule has 2 nitrogen and oxygen atoms in total. The molecular weight excluding hydrogens is 196 g/mol. The highest BCUT2D eigenvalue weighted by molar-refractivity contribution is 5.43. The molecule has 3 rings (SSSR count). The van der Waals surface area contributed by atoms with Crippen molar-refractivity contribution in [2.75, 3.05) is 13.1 Å². The summed E-state index contributed by atoms with van der Waals surface area (Å²) in [5.74, 6) is 0. The highest BCUT2D eigenvalue weighted by Gasteiger charge is 2.44. The molecule has 1 aromatic rings. The Morgan fingerprint density at radius 1 is 1.31 bits per heavy atom. The molecule has 1 aromatic carbocycles. The van der Waals surface area contributed by atoms with Gasteiger partial charge in [-0.15, -0.1) is 0 Å². The molecule has 0 amide bonds. The van der Waals surface area contributed by atoms with Crippen LogP contribution in [0.15, 0.2) is 18.2 Å². The summed E-state index contributed by atoms with van der Waals surface area (Å²) < 4.78 is 0. The van der Waals surface area contributed by atoms with Gasteiger partial charge in [0.15, 0.2) is 0 Å². The average Bonchev–Trinajstić information content (AvgIpc) is 2.57. The van der Waals surface area contributed by atoms with E-state index in [0.29, 0.717) is 5.41 Å². The molecule has 1 aliphatic carbocycles. The minimum absolute atomic E-state index is 0.254. The van der Waals surface area contributed by atoms with Crippen LogP contribution >= 0.6 is 0 Å². The molecule has 1 fully saturated rings. The second kappa shape index (κ2) is 3.57. The molecule has 0 aromatic heterocycles. The first-order valence-electron chi connectivity index (χ1n) is 6.28. The van der Waals surface area contributed by atoms with Crippen LogP contribution in [0.1, 0.15) is 35.6 Å². The molecule has 1 atom stereocenters. The van der Waals surface area contributed by atoms with Crippen LogP contribution in [0.3, 0.4) is 0 Å². The summed E-state index contributed by atoms with van der Waals surface area (Å²) in [6.07, 6.45) is 3.64. The Morgan fingerprint density at radius 2 is 2.06 bits per heavy atom. The topological polar surface area (TPSA) is 38.0 Å². The fourth-order valence-corrected chi connectivity index (χ4v) is 3.46. The number of benzene rings is 1. The molecule has 1 aliphatic heterocycles. The minimum atomic E-state index is 0.254. The third kappa shape index (κ3) is 1.33. The third-order valence-electron chi connectivity index (χ3n) is 4.57. The van der Waals surface area contributed by atoms with Gasteiger partial charge in [0, 0.05) is 6.04 Å². The molecule has 1 spiro atoms. The summed E-state index contributed by atoms with van der Waals surface area (Å²) in [5.41, 5.74) is 11.2. The van der Waals surface area contributed by atoms with E-state index in [-0.39, 0.29) is 6.04 Å². The highest BCUT2D eigenvalue weighted by Crippen LogP contribution is 2.50. The number of nitrogens with one attached hydrogen (secondary N) is 1. The van der Waals surface area contributed by atoms with Crippen molar-refractivity contribution in [3.63, 3.8) is 0 Å². The Morgan fingerprint density at radius 3 is 2.75 bits per heavy atom. The fraction of sp³-hybridized carbons (Fsp3) is 0.571. The van der Waals surface area contributed by atoms with Crippen LogP contribution in [0.2, 0.25) is 0 Å². The maximum Gasteiger partial charge on any atom is 0.0359 e. The number of piperidine rings is 1. The van der Waals surface area contributed by atoms with E-state index in [4.69, 9.17) is 5.73 Å². The van der Waals surface area contributed by atoms with Crippen molar-refractivity contribution in [1.82, 2.24) is 5.32 Å².